The number of H-pyrrole nitrogens is 1. The van der Waals surface area contributed by atoms with Crippen molar-refractivity contribution in [3.05, 3.63) is 29.7 Å². The first-order chi connectivity index (χ1) is 12.5. The maximum Gasteiger partial charge on any atom is 0.307 e. The van der Waals surface area contributed by atoms with Crippen LogP contribution >= 0.6 is 0 Å². The number of anilines is 1. The molecule has 2 atom stereocenters. The molecule has 2 aromatic heterocycles. The van der Waals surface area contributed by atoms with Gasteiger partial charge in [0.25, 0.3) is 0 Å². The molecule has 0 fully saturated rings. The van der Waals surface area contributed by atoms with Gasteiger partial charge in [0.05, 0.1) is 25.2 Å². The van der Waals surface area contributed by atoms with Gasteiger partial charge < -0.3 is 20.6 Å². The third kappa shape index (κ3) is 4.96. The van der Waals surface area contributed by atoms with Gasteiger partial charge in [-0.05, 0) is 24.0 Å². The predicted molar refractivity (Wildman–Crippen MR) is 92.4 cm³/mol. The predicted octanol–water partition coefficient (Wildman–Crippen LogP) is 0.0429. The van der Waals surface area contributed by atoms with Crippen LogP contribution in [-0.4, -0.2) is 66.2 Å². The quantitative estimate of drug-likeness (QED) is 0.392. The van der Waals surface area contributed by atoms with Crippen molar-refractivity contribution in [2.45, 2.75) is 32.2 Å². The lowest BCUT2D eigenvalue weighted by molar-refractivity contribution is -0.144. The van der Waals surface area contributed by atoms with Crippen LogP contribution in [0.4, 0.5) is 5.82 Å². The van der Waals surface area contributed by atoms with E-state index >= 15 is 0 Å². The fourth-order valence-corrected chi connectivity index (χ4v) is 2.87. The van der Waals surface area contributed by atoms with Crippen molar-refractivity contribution in [3.8, 4) is 0 Å². The molecule has 0 aliphatic rings. The Hall–Kier alpha value is -2.59. The molecule has 2 heterocycles. The number of tetrazole rings is 1. The standard InChI is InChI=1S/C16H24N6O4/c1-9(2)14(16(25)26)12(15-19-21-22-20-15)5-10-3-4-13(17-6-10)18-11(7-23)8-24/h3-4,6,9,11-12,14,23-24H,5,7-8H2,1-2H3,(H,17,18)(H,25,26)(H,19,20,21,22)/t12-,14-/m0/s1. The van der Waals surface area contributed by atoms with E-state index in [0.717, 1.165) is 5.56 Å². The number of aliphatic hydroxyl groups excluding tert-OH is 2. The number of aliphatic hydroxyl groups is 2. The molecule has 10 nitrogen and oxygen atoms in total. The smallest absolute Gasteiger partial charge is 0.307 e. The minimum absolute atomic E-state index is 0.111. The Labute approximate surface area is 150 Å². The second-order valence-electron chi connectivity index (χ2n) is 6.45. The van der Waals surface area contributed by atoms with E-state index in [-0.39, 0.29) is 19.1 Å². The summed E-state index contributed by atoms with van der Waals surface area (Å²) in [7, 11) is 0. The van der Waals surface area contributed by atoms with Crippen LogP contribution in [0.2, 0.25) is 0 Å². The summed E-state index contributed by atoms with van der Waals surface area (Å²) in [5.41, 5.74) is 0.821. The number of carboxylic acids is 1. The number of hydrogen-bond acceptors (Lipinski definition) is 8. The SMILES string of the molecule is CC(C)[C@H](C(=O)O)[C@H](Cc1ccc(NC(CO)CO)nc1)c1nn[nH]n1. The maximum absolute atomic E-state index is 11.8. The first-order valence-corrected chi connectivity index (χ1v) is 8.35. The van der Waals surface area contributed by atoms with Crippen LogP contribution in [0.15, 0.2) is 18.3 Å². The molecule has 10 heteroatoms. The van der Waals surface area contributed by atoms with Gasteiger partial charge in [-0.1, -0.05) is 25.1 Å². The number of carboxylic acid groups (broad SMARTS) is 1. The second kappa shape index (κ2) is 9.20. The average Bonchev–Trinajstić information content (AvgIpc) is 3.14. The highest BCUT2D eigenvalue weighted by Crippen LogP contribution is 2.31. The lowest BCUT2D eigenvalue weighted by atomic mass is 9.79. The van der Waals surface area contributed by atoms with Crippen molar-refractivity contribution in [1.82, 2.24) is 25.6 Å². The maximum atomic E-state index is 11.8. The highest BCUT2D eigenvalue weighted by Gasteiger charge is 2.35. The zero-order valence-corrected chi connectivity index (χ0v) is 14.7. The third-order valence-electron chi connectivity index (χ3n) is 4.20. The number of nitrogens with zero attached hydrogens (tertiary/aromatic N) is 4. The summed E-state index contributed by atoms with van der Waals surface area (Å²) in [4.78, 5) is 16.0. The Bertz CT molecular complexity index is 673. The van der Waals surface area contributed by atoms with Crippen molar-refractivity contribution >= 4 is 11.8 Å². The molecule has 5 N–H and O–H groups in total. The van der Waals surface area contributed by atoms with Crippen molar-refractivity contribution in [2.75, 3.05) is 18.5 Å². The first kappa shape index (κ1) is 19.7. The molecule has 0 amide bonds. The molecule has 0 unspecified atom stereocenters. The number of rotatable bonds is 10. The van der Waals surface area contributed by atoms with Gasteiger partial charge in [-0.25, -0.2) is 4.98 Å². The molecular weight excluding hydrogens is 340 g/mol. The van der Waals surface area contributed by atoms with E-state index < -0.39 is 23.8 Å². The first-order valence-electron chi connectivity index (χ1n) is 8.35. The van der Waals surface area contributed by atoms with E-state index in [1.54, 1.807) is 12.3 Å². The number of carbonyl (C=O) groups is 1. The molecule has 0 saturated heterocycles. The van der Waals surface area contributed by atoms with Gasteiger partial charge in [-0.3, -0.25) is 4.79 Å². The Morgan fingerprint density at radius 1 is 1.27 bits per heavy atom. The molecule has 142 valence electrons. The molecule has 0 aromatic carbocycles. The van der Waals surface area contributed by atoms with Crippen LogP contribution in [0.1, 0.15) is 31.2 Å². The van der Waals surface area contributed by atoms with Crippen molar-refractivity contribution < 1.29 is 20.1 Å². The van der Waals surface area contributed by atoms with Crippen molar-refractivity contribution in [1.29, 1.82) is 0 Å². The third-order valence-corrected chi connectivity index (χ3v) is 4.20. The zero-order chi connectivity index (χ0) is 19.1. The number of aliphatic carboxylic acids is 1. The monoisotopic (exact) mass is 364 g/mol. The molecule has 0 saturated carbocycles. The highest BCUT2D eigenvalue weighted by molar-refractivity contribution is 5.71. The van der Waals surface area contributed by atoms with Crippen molar-refractivity contribution in [2.24, 2.45) is 11.8 Å². The highest BCUT2D eigenvalue weighted by atomic mass is 16.4. The fourth-order valence-electron chi connectivity index (χ4n) is 2.87. The van der Waals surface area contributed by atoms with Crippen molar-refractivity contribution in [3.63, 3.8) is 0 Å². The second-order valence-corrected chi connectivity index (χ2v) is 6.45. The van der Waals surface area contributed by atoms with Gasteiger partial charge in [-0.2, -0.15) is 5.21 Å². The van der Waals surface area contributed by atoms with Crippen LogP contribution in [0, 0.1) is 11.8 Å². The Balaban J connectivity index is 2.19. The minimum atomic E-state index is -0.908. The minimum Gasteiger partial charge on any atom is -0.481 e. The molecule has 0 spiro atoms. The van der Waals surface area contributed by atoms with Gasteiger partial charge in [0, 0.05) is 12.1 Å². The number of hydrogen-bond donors (Lipinski definition) is 5. The van der Waals surface area contributed by atoms with E-state index in [0.29, 0.717) is 18.1 Å². The summed E-state index contributed by atoms with van der Waals surface area (Å²) in [6.07, 6.45) is 2.02. The zero-order valence-electron chi connectivity index (χ0n) is 14.7. The van der Waals surface area contributed by atoms with Crippen LogP contribution in [0.3, 0.4) is 0 Å². The van der Waals surface area contributed by atoms with Crippen LogP contribution in [0.25, 0.3) is 0 Å². The number of pyridine rings is 1. The van der Waals surface area contributed by atoms with Gasteiger partial charge in [0.2, 0.25) is 0 Å². The molecule has 2 aromatic rings. The van der Waals surface area contributed by atoms with Crippen LogP contribution in [0.5, 0.6) is 0 Å². The van der Waals surface area contributed by atoms with Crippen LogP contribution < -0.4 is 5.32 Å². The summed E-state index contributed by atoms with van der Waals surface area (Å²) in [5, 5.41) is 44.6. The fraction of sp³-hybridized carbons (Fsp3) is 0.562. The molecule has 0 aliphatic carbocycles. The lowest BCUT2D eigenvalue weighted by Crippen LogP contribution is -2.29. The summed E-state index contributed by atoms with van der Waals surface area (Å²) in [5.74, 6) is -1.27. The van der Waals surface area contributed by atoms with Gasteiger partial charge in [-0.15, -0.1) is 10.2 Å². The number of aromatic nitrogens is 5. The molecule has 2 rings (SSSR count). The Morgan fingerprint density at radius 2 is 2.00 bits per heavy atom. The summed E-state index contributed by atoms with van der Waals surface area (Å²) >= 11 is 0. The van der Waals surface area contributed by atoms with E-state index in [1.165, 1.54) is 0 Å². The Morgan fingerprint density at radius 3 is 2.46 bits per heavy atom. The van der Waals surface area contributed by atoms with E-state index in [9.17, 15) is 9.90 Å². The lowest BCUT2D eigenvalue weighted by Gasteiger charge is -2.24. The molecule has 26 heavy (non-hydrogen) atoms. The average molecular weight is 364 g/mol. The van der Waals surface area contributed by atoms with E-state index in [2.05, 4.69) is 30.9 Å². The summed E-state index contributed by atoms with van der Waals surface area (Å²) in [6, 6.07) is 3.04. The molecular formula is C16H24N6O4. The largest absolute Gasteiger partial charge is 0.481 e. The Kier molecular flexibility index (Phi) is 6.98. The molecule has 0 aliphatic heterocycles. The summed E-state index contributed by atoms with van der Waals surface area (Å²) < 4.78 is 0. The summed E-state index contributed by atoms with van der Waals surface area (Å²) in [6.45, 7) is 3.27. The number of aromatic amines is 1. The molecule has 0 bridgehead atoms. The number of nitrogens with one attached hydrogen (secondary N) is 2. The van der Waals surface area contributed by atoms with E-state index in [1.807, 2.05) is 19.9 Å². The van der Waals surface area contributed by atoms with Gasteiger partial charge in [0.15, 0.2) is 5.82 Å². The van der Waals surface area contributed by atoms with Crippen LogP contribution in [-0.2, 0) is 11.2 Å². The normalized spacial score (nSPS) is 13.8. The van der Waals surface area contributed by atoms with Gasteiger partial charge in [0.1, 0.15) is 5.82 Å². The van der Waals surface area contributed by atoms with E-state index in [4.69, 9.17) is 10.2 Å². The molecule has 0 radical (unpaired) electrons. The van der Waals surface area contributed by atoms with Gasteiger partial charge >= 0.3 is 5.97 Å². The topological polar surface area (TPSA) is 157 Å².